The number of halogens is 3. The van der Waals surface area contributed by atoms with Gasteiger partial charge in [-0.3, -0.25) is 0 Å². The van der Waals surface area contributed by atoms with Gasteiger partial charge in [0, 0.05) is 12.8 Å². The van der Waals surface area contributed by atoms with Crippen LogP contribution in [0.2, 0.25) is 0 Å². The smallest absolute Gasteiger partial charge is 0.375 e. The molecule has 0 aromatic rings. The van der Waals surface area contributed by atoms with Crippen LogP contribution in [0.4, 0.5) is 13.2 Å². The van der Waals surface area contributed by atoms with Gasteiger partial charge in [-0.25, -0.2) is 0 Å². The van der Waals surface area contributed by atoms with E-state index in [1.165, 1.54) is 0 Å². The zero-order valence-corrected chi connectivity index (χ0v) is 10.0. The predicted molar refractivity (Wildman–Crippen MR) is 56.3 cm³/mol. The van der Waals surface area contributed by atoms with Crippen LogP contribution in [0.3, 0.4) is 0 Å². The number of rotatable bonds is 3. The minimum atomic E-state index is -4.21. The molecule has 1 rings (SSSR count). The van der Waals surface area contributed by atoms with Gasteiger partial charge in [-0.05, 0) is 26.8 Å². The monoisotopic (exact) mass is 239 g/mol. The topological polar surface area (TPSA) is 21.3 Å². The van der Waals surface area contributed by atoms with E-state index in [9.17, 15) is 13.2 Å². The van der Waals surface area contributed by atoms with Gasteiger partial charge in [0.05, 0.1) is 12.2 Å². The van der Waals surface area contributed by atoms with Crippen molar-refractivity contribution in [2.24, 2.45) is 0 Å². The summed E-state index contributed by atoms with van der Waals surface area (Å²) >= 11 is 0. The van der Waals surface area contributed by atoms with E-state index in [1.54, 1.807) is 13.8 Å². The Hall–Kier alpha value is -0.290. The molecule has 1 heterocycles. The van der Waals surface area contributed by atoms with Gasteiger partial charge >= 0.3 is 6.18 Å². The van der Waals surface area contributed by atoms with Crippen LogP contribution in [0.1, 0.15) is 40.0 Å². The number of hydrogen-bond acceptors (Lipinski definition) is 2. The summed E-state index contributed by atoms with van der Waals surface area (Å²) in [5.41, 5.74) is -1.76. The molecule has 2 atom stereocenters. The fraction of sp³-hybridized carbons (Fsp3) is 1.00. The first-order chi connectivity index (χ1) is 7.31. The van der Waals surface area contributed by atoms with E-state index in [1.807, 2.05) is 6.92 Å². The molecular weight excluding hydrogens is 219 g/mol. The van der Waals surface area contributed by atoms with Crippen LogP contribution in [0.15, 0.2) is 0 Å². The highest BCUT2D eigenvalue weighted by molar-refractivity contribution is 5.00. The van der Waals surface area contributed by atoms with E-state index in [0.29, 0.717) is 13.0 Å². The van der Waals surface area contributed by atoms with Crippen molar-refractivity contribution in [3.63, 3.8) is 0 Å². The van der Waals surface area contributed by atoms with Gasteiger partial charge in [0.2, 0.25) is 0 Å². The molecular formula is C11H20F3NO. The second-order valence-electron chi connectivity index (χ2n) is 4.67. The Morgan fingerprint density at radius 1 is 1.25 bits per heavy atom. The lowest BCUT2D eigenvalue weighted by molar-refractivity contribution is -0.233. The summed E-state index contributed by atoms with van der Waals surface area (Å²) in [4.78, 5) is 0. The van der Waals surface area contributed by atoms with Gasteiger partial charge in [-0.2, -0.15) is 13.2 Å². The summed E-state index contributed by atoms with van der Waals surface area (Å²) < 4.78 is 44.8. The zero-order valence-electron chi connectivity index (χ0n) is 10.0. The third-order valence-electron chi connectivity index (χ3n) is 2.99. The van der Waals surface area contributed by atoms with Gasteiger partial charge in [0.25, 0.3) is 0 Å². The summed E-state index contributed by atoms with van der Waals surface area (Å²) in [6.07, 6.45) is -4.22. The van der Waals surface area contributed by atoms with E-state index < -0.39 is 11.7 Å². The van der Waals surface area contributed by atoms with E-state index in [-0.39, 0.29) is 25.0 Å². The van der Waals surface area contributed by atoms with Gasteiger partial charge in [0.1, 0.15) is 5.54 Å². The molecule has 0 radical (unpaired) electrons. The van der Waals surface area contributed by atoms with Crippen molar-refractivity contribution >= 4 is 0 Å². The molecule has 0 aliphatic carbocycles. The van der Waals surface area contributed by atoms with Gasteiger partial charge in [0.15, 0.2) is 0 Å². The van der Waals surface area contributed by atoms with Crippen molar-refractivity contribution in [3.05, 3.63) is 0 Å². The van der Waals surface area contributed by atoms with Gasteiger partial charge in [-0.1, -0.05) is 6.92 Å². The second-order valence-corrected chi connectivity index (χ2v) is 4.67. The first-order valence-electron chi connectivity index (χ1n) is 5.78. The Labute approximate surface area is 94.5 Å². The van der Waals surface area contributed by atoms with E-state index in [0.717, 1.165) is 0 Å². The summed E-state index contributed by atoms with van der Waals surface area (Å²) in [6, 6.07) is 0. The van der Waals surface area contributed by atoms with Crippen molar-refractivity contribution in [2.75, 3.05) is 6.54 Å². The number of alkyl halides is 3. The Morgan fingerprint density at radius 3 is 2.12 bits per heavy atom. The SMILES string of the molecule is CCCNC1(C(F)(F)F)CC(C)OC(C)C1. The Morgan fingerprint density at radius 2 is 1.75 bits per heavy atom. The largest absolute Gasteiger partial charge is 0.406 e. The molecule has 0 spiro atoms. The molecule has 1 saturated heterocycles. The van der Waals surface area contributed by atoms with Crippen molar-refractivity contribution in [1.29, 1.82) is 0 Å². The Balaban J connectivity index is 2.85. The minimum absolute atomic E-state index is 0.000833. The molecule has 0 aromatic heterocycles. The molecule has 2 nitrogen and oxygen atoms in total. The molecule has 1 aliphatic heterocycles. The molecule has 96 valence electrons. The van der Waals surface area contributed by atoms with Crippen molar-refractivity contribution in [3.8, 4) is 0 Å². The van der Waals surface area contributed by atoms with Gasteiger partial charge in [-0.15, -0.1) is 0 Å². The van der Waals surface area contributed by atoms with Crippen LogP contribution in [0.5, 0.6) is 0 Å². The third-order valence-corrected chi connectivity index (χ3v) is 2.99. The lowest BCUT2D eigenvalue weighted by atomic mass is 9.83. The standard InChI is InChI=1S/C11H20F3NO/c1-4-5-15-10(11(12,13)14)6-8(2)16-9(3)7-10/h8-9,15H,4-7H2,1-3H3. The molecule has 1 aliphatic rings. The molecule has 5 heteroatoms. The summed E-state index contributed by atoms with van der Waals surface area (Å²) in [5.74, 6) is 0. The maximum atomic E-state index is 13.1. The quantitative estimate of drug-likeness (QED) is 0.817. The lowest BCUT2D eigenvalue weighted by Gasteiger charge is -2.44. The van der Waals surface area contributed by atoms with Crippen LogP contribution in [0.25, 0.3) is 0 Å². The molecule has 16 heavy (non-hydrogen) atoms. The van der Waals surface area contributed by atoms with Crippen LogP contribution in [-0.2, 0) is 4.74 Å². The zero-order chi connectivity index (χ0) is 12.4. The van der Waals surface area contributed by atoms with Crippen LogP contribution in [0, 0.1) is 0 Å². The van der Waals surface area contributed by atoms with E-state index in [2.05, 4.69) is 5.32 Å². The molecule has 0 aromatic carbocycles. The maximum Gasteiger partial charge on any atom is 0.406 e. The number of nitrogens with one attached hydrogen (secondary N) is 1. The van der Waals surface area contributed by atoms with Gasteiger partial charge < -0.3 is 10.1 Å². The van der Waals surface area contributed by atoms with Crippen LogP contribution < -0.4 is 5.32 Å². The highest BCUT2D eigenvalue weighted by Crippen LogP contribution is 2.41. The number of hydrogen-bond donors (Lipinski definition) is 1. The number of ether oxygens (including phenoxy) is 1. The second kappa shape index (κ2) is 4.92. The highest BCUT2D eigenvalue weighted by Gasteiger charge is 2.57. The normalized spacial score (nSPS) is 36.4. The third kappa shape index (κ3) is 2.88. The fourth-order valence-corrected chi connectivity index (χ4v) is 2.40. The van der Waals surface area contributed by atoms with Crippen LogP contribution >= 0.6 is 0 Å². The average molecular weight is 239 g/mol. The summed E-state index contributed by atoms with van der Waals surface area (Å²) in [5, 5.41) is 2.68. The first kappa shape index (κ1) is 13.8. The molecule has 0 saturated carbocycles. The van der Waals surface area contributed by atoms with Crippen molar-refractivity contribution in [1.82, 2.24) is 5.32 Å². The molecule has 1 N–H and O–H groups in total. The molecule has 0 bridgehead atoms. The molecule has 2 unspecified atom stereocenters. The Kier molecular flexibility index (Phi) is 4.23. The van der Waals surface area contributed by atoms with Crippen LogP contribution in [-0.4, -0.2) is 30.5 Å². The molecule has 1 fully saturated rings. The Bertz CT molecular complexity index is 220. The predicted octanol–water partition coefficient (Wildman–Crippen LogP) is 2.87. The van der Waals surface area contributed by atoms with Crippen molar-refractivity contribution in [2.45, 2.75) is 64.0 Å². The molecule has 0 amide bonds. The maximum absolute atomic E-state index is 13.1. The lowest BCUT2D eigenvalue weighted by Crippen LogP contribution is -2.62. The van der Waals surface area contributed by atoms with E-state index >= 15 is 0 Å². The average Bonchev–Trinajstić information content (AvgIpc) is 2.11. The fourth-order valence-electron chi connectivity index (χ4n) is 2.40. The first-order valence-corrected chi connectivity index (χ1v) is 5.78. The van der Waals surface area contributed by atoms with Crippen molar-refractivity contribution < 1.29 is 17.9 Å². The highest BCUT2D eigenvalue weighted by atomic mass is 19.4. The summed E-state index contributed by atoms with van der Waals surface area (Å²) in [6.45, 7) is 5.65. The minimum Gasteiger partial charge on any atom is -0.375 e. The summed E-state index contributed by atoms with van der Waals surface area (Å²) in [7, 11) is 0. The van der Waals surface area contributed by atoms with E-state index in [4.69, 9.17) is 4.74 Å².